The largest absolute Gasteiger partial charge is 0.331 e. The van der Waals surface area contributed by atoms with Crippen molar-refractivity contribution >= 4 is 42.3 Å². The number of aryl methyl sites for hydroxylation is 2. The molecular weight excluding hydrogens is 383 g/mol. The molecule has 138 valence electrons. The molecule has 1 atom stereocenters. The maximum Gasteiger partial charge on any atom is 0.244 e. The minimum Gasteiger partial charge on any atom is -0.331 e. The zero-order valence-corrected chi connectivity index (χ0v) is 16.6. The van der Waals surface area contributed by atoms with Gasteiger partial charge in [0.25, 0.3) is 0 Å². The van der Waals surface area contributed by atoms with Crippen LogP contribution in [0.2, 0.25) is 5.02 Å². The molecule has 1 aliphatic rings. The average Bonchev–Trinajstić information content (AvgIpc) is 2.85. The van der Waals surface area contributed by atoms with E-state index in [-0.39, 0.29) is 43.3 Å². The summed E-state index contributed by atoms with van der Waals surface area (Å²) >= 11 is 6.33. The van der Waals surface area contributed by atoms with Gasteiger partial charge in [0.1, 0.15) is 6.54 Å². The minimum atomic E-state index is -0.0399. The molecular formula is C17H23Cl3N4O. The van der Waals surface area contributed by atoms with Gasteiger partial charge in [0, 0.05) is 30.4 Å². The summed E-state index contributed by atoms with van der Waals surface area (Å²) in [5.74, 6) is 0.0719. The molecule has 0 radical (unpaired) electrons. The van der Waals surface area contributed by atoms with Gasteiger partial charge >= 0.3 is 0 Å². The van der Waals surface area contributed by atoms with Gasteiger partial charge in [-0.2, -0.15) is 5.10 Å². The molecule has 3 rings (SSSR count). The summed E-state index contributed by atoms with van der Waals surface area (Å²) in [6.07, 6.45) is 0. The quantitative estimate of drug-likeness (QED) is 0.853. The molecule has 25 heavy (non-hydrogen) atoms. The van der Waals surface area contributed by atoms with E-state index in [4.69, 9.17) is 11.6 Å². The number of carbonyl (C=O) groups is 1. The molecule has 1 aromatic heterocycles. The highest BCUT2D eigenvalue weighted by molar-refractivity contribution is 6.31. The summed E-state index contributed by atoms with van der Waals surface area (Å²) in [5.41, 5.74) is 2.92. The van der Waals surface area contributed by atoms with E-state index in [9.17, 15) is 4.79 Å². The van der Waals surface area contributed by atoms with Gasteiger partial charge in [0.15, 0.2) is 0 Å². The highest BCUT2D eigenvalue weighted by Gasteiger charge is 2.29. The Morgan fingerprint density at radius 1 is 1.32 bits per heavy atom. The number of hydrogen-bond donors (Lipinski definition) is 1. The van der Waals surface area contributed by atoms with E-state index in [0.29, 0.717) is 18.1 Å². The Labute approximate surface area is 165 Å². The van der Waals surface area contributed by atoms with Gasteiger partial charge in [-0.25, -0.2) is 0 Å². The summed E-state index contributed by atoms with van der Waals surface area (Å²) in [6.45, 7) is 6.35. The van der Waals surface area contributed by atoms with E-state index in [1.807, 2.05) is 49.1 Å². The van der Waals surface area contributed by atoms with Gasteiger partial charge in [0.2, 0.25) is 5.91 Å². The second kappa shape index (κ2) is 9.43. The van der Waals surface area contributed by atoms with Gasteiger partial charge in [0.05, 0.1) is 11.7 Å². The molecule has 5 nitrogen and oxygen atoms in total. The normalized spacial score (nSPS) is 16.8. The standard InChI is InChI=1S/C17H21ClN4O.2ClH/c1-12-9-13(2)22(20-12)11-17(23)21-8-7-19-10-16(21)14-5-3-4-6-15(14)18;;/h3-6,9,16,19H,7-8,10-11H2,1-2H3;2*1H. The highest BCUT2D eigenvalue weighted by atomic mass is 35.5. The first-order valence-electron chi connectivity index (χ1n) is 7.82. The SMILES string of the molecule is Cc1cc(C)n(CC(=O)N2CCNCC2c2ccccc2Cl)n1.Cl.Cl. The maximum absolute atomic E-state index is 12.8. The van der Waals surface area contributed by atoms with Crippen LogP contribution in [0.25, 0.3) is 0 Å². The smallest absolute Gasteiger partial charge is 0.244 e. The molecule has 2 aromatic rings. The summed E-state index contributed by atoms with van der Waals surface area (Å²) in [4.78, 5) is 14.7. The van der Waals surface area contributed by atoms with Crippen LogP contribution in [0.1, 0.15) is 23.0 Å². The predicted octanol–water partition coefficient (Wildman–Crippen LogP) is 3.17. The van der Waals surface area contributed by atoms with Crippen LogP contribution >= 0.6 is 36.4 Å². The van der Waals surface area contributed by atoms with Crippen molar-refractivity contribution in [2.24, 2.45) is 0 Å². The first kappa shape index (κ1) is 21.8. The van der Waals surface area contributed by atoms with Crippen LogP contribution in [0.5, 0.6) is 0 Å². The minimum absolute atomic E-state index is 0. The number of piperazine rings is 1. The first-order valence-corrected chi connectivity index (χ1v) is 8.19. The number of rotatable bonds is 3. The molecule has 0 saturated carbocycles. The van der Waals surface area contributed by atoms with Crippen LogP contribution in [0.15, 0.2) is 30.3 Å². The van der Waals surface area contributed by atoms with Crippen molar-refractivity contribution in [3.63, 3.8) is 0 Å². The molecule has 0 bridgehead atoms. The van der Waals surface area contributed by atoms with Crippen LogP contribution in [0, 0.1) is 13.8 Å². The number of amides is 1. The molecule has 1 N–H and O–H groups in total. The van der Waals surface area contributed by atoms with E-state index in [0.717, 1.165) is 23.5 Å². The summed E-state index contributed by atoms with van der Waals surface area (Å²) in [5, 5.41) is 8.44. The second-order valence-electron chi connectivity index (χ2n) is 5.91. The van der Waals surface area contributed by atoms with Crippen molar-refractivity contribution in [1.29, 1.82) is 0 Å². The Bertz CT molecular complexity index is 720. The number of halogens is 3. The molecule has 1 aliphatic heterocycles. The zero-order chi connectivity index (χ0) is 16.4. The van der Waals surface area contributed by atoms with Crippen LogP contribution in [0.4, 0.5) is 0 Å². The first-order chi connectivity index (χ1) is 11.1. The molecule has 8 heteroatoms. The number of aromatic nitrogens is 2. The fourth-order valence-corrected chi connectivity index (χ4v) is 3.34. The average molecular weight is 406 g/mol. The Kier molecular flexibility index (Phi) is 8.22. The second-order valence-corrected chi connectivity index (χ2v) is 6.32. The van der Waals surface area contributed by atoms with Crippen molar-refractivity contribution in [2.75, 3.05) is 19.6 Å². The van der Waals surface area contributed by atoms with Crippen LogP contribution in [0.3, 0.4) is 0 Å². The summed E-state index contributed by atoms with van der Waals surface area (Å²) < 4.78 is 1.77. The van der Waals surface area contributed by atoms with Gasteiger partial charge in [-0.3, -0.25) is 9.48 Å². The van der Waals surface area contributed by atoms with Gasteiger partial charge < -0.3 is 10.2 Å². The van der Waals surface area contributed by atoms with Crippen molar-refractivity contribution in [3.05, 3.63) is 52.3 Å². The van der Waals surface area contributed by atoms with E-state index in [1.165, 1.54) is 0 Å². The van der Waals surface area contributed by atoms with Crippen molar-refractivity contribution in [3.8, 4) is 0 Å². The fraction of sp³-hybridized carbons (Fsp3) is 0.412. The number of hydrogen-bond acceptors (Lipinski definition) is 3. The van der Waals surface area contributed by atoms with Gasteiger partial charge in [-0.1, -0.05) is 29.8 Å². The third-order valence-electron chi connectivity index (χ3n) is 4.22. The van der Waals surface area contributed by atoms with Gasteiger partial charge in [-0.05, 0) is 31.5 Å². The summed E-state index contributed by atoms with van der Waals surface area (Å²) in [6, 6.07) is 9.67. The topological polar surface area (TPSA) is 50.2 Å². The molecule has 2 heterocycles. The zero-order valence-electron chi connectivity index (χ0n) is 14.2. The number of benzene rings is 1. The van der Waals surface area contributed by atoms with Crippen molar-refractivity contribution in [2.45, 2.75) is 26.4 Å². The Hall–Kier alpha value is -1.27. The molecule has 1 fully saturated rings. The lowest BCUT2D eigenvalue weighted by atomic mass is 10.0. The third-order valence-corrected chi connectivity index (χ3v) is 4.56. The molecule has 1 aromatic carbocycles. The number of carbonyl (C=O) groups excluding carboxylic acids is 1. The summed E-state index contributed by atoms with van der Waals surface area (Å²) in [7, 11) is 0. The van der Waals surface area contributed by atoms with Crippen molar-refractivity contribution < 1.29 is 4.79 Å². The Balaban J connectivity index is 0.00000156. The Morgan fingerprint density at radius 3 is 2.68 bits per heavy atom. The molecule has 1 unspecified atom stereocenters. The third kappa shape index (κ3) is 4.88. The van der Waals surface area contributed by atoms with E-state index < -0.39 is 0 Å². The maximum atomic E-state index is 12.8. The van der Waals surface area contributed by atoms with Crippen LogP contribution in [-0.2, 0) is 11.3 Å². The number of nitrogens with zero attached hydrogens (tertiary/aromatic N) is 3. The monoisotopic (exact) mass is 404 g/mol. The fourth-order valence-electron chi connectivity index (χ4n) is 3.08. The lowest BCUT2D eigenvalue weighted by molar-refractivity contribution is -0.135. The van der Waals surface area contributed by atoms with E-state index >= 15 is 0 Å². The molecule has 0 aliphatic carbocycles. The van der Waals surface area contributed by atoms with E-state index in [2.05, 4.69) is 10.4 Å². The highest BCUT2D eigenvalue weighted by Crippen LogP contribution is 2.28. The molecule has 1 saturated heterocycles. The van der Waals surface area contributed by atoms with Crippen LogP contribution < -0.4 is 5.32 Å². The van der Waals surface area contributed by atoms with Crippen LogP contribution in [-0.4, -0.2) is 40.2 Å². The Morgan fingerprint density at radius 2 is 2.04 bits per heavy atom. The predicted molar refractivity (Wildman–Crippen MR) is 105 cm³/mol. The molecule has 0 spiro atoms. The molecule has 1 amide bonds. The lowest BCUT2D eigenvalue weighted by Crippen LogP contribution is -2.49. The van der Waals surface area contributed by atoms with Crippen molar-refractivity contribution in [1.82, 2.24) is 20.0 Å². The number of nitrogens with one attached hydrogen (secondary N) is 1. The lowest BCUT2D eigenvalue weighted by Gasteiger charge is -2.37. The van der Waals surface area contributed by atoms with Gasteiger partial charge in [-0.15, -0.1) is 24.8 Å². The van der Waals surface area contributed by atoms with E-state index in [1.54, 1.807) is 4.68 Å².